The predicted molar refractivity (Wildman–Crippen MR) is 54.5 cm³/mol. The van der Waals surface area contributed by atoms with E-state index in [2.05, 4.69) is 10.6 Å². The number of aromatic hydroxyl groups is 1. The highest BCUT2D eigenvalue weighted by Gasteiger charge is 2.10. The summed E-state index contributed by atoms with van der Waals surface area (Å²) >= 11 is 0. The number of likely N-dealkylation sites (N-methyl/N-ethyl adjacent to an activating group) is 1. The highest BCUT2D eigenvalue weighted by atomic mass is 16.3. The van der Waals surface area contributed by atoms with Crippen molar-refractivity contribution in [2.45, 2.75) is 0 Å². The number of para-hydroxylation sites is 1. The summed E-state index contributed by atoms with van der Waals surface area (Å²) in [6, 6.07) is 6.14. The van der Waals surface area contributed by atoms with Crippen LogP contribution < -0.4 is 10.6 Å². The van der Waals surface area contributed by atoms with Crippen molar-refractivity contribution in [2.24, 2.45) is 0 Å². The maximum absolute atomic E-state index is 11.4. The first kappa shape index (κ1) is 11.0. The highest BCUT2D eigenvalue weighted by Crippen LogP contribution is 2.14. The van der Waals surface area contributed by atoms with Gasteiger partial charge in [0, 0.05) is 7.05 Å². The van der Waals surface area contributed by atoms with E-state index in [1.54, 1.807) is 12.1 Å². The summed E-state index contributed by atoms with van der Waals surface area (Å²) in [7, 11) is 1.48. The van der Waals surface area contributed by atoms with E-state index in [-0.39, 0.29) is 23.8 Å². The third kappa shape index (κ3) is 2.98. The summed E-state index contributed by atoms with van der Waals surface area (Å²) in [6.07, 6.45) is 0. The summed E-state index contributed by atoms with van der Waals surface area (Å²) in [5.41, 5.74) is 0.154. The second-order valence-corrected chi connectivity index (χ2v) is 2.87. The van der Waals surface area contributed by atoms with Crippen molar-refractivity contribution >= 4 is 11.8 Å². The fraction of sp³-hybridized carbons (Fsp3) is 0.200. The smallest absolute Gasteiger partial charge is 0.255 e. The number of carbonyl (C=O) groups is 2. The van der Waals surface area contributed by atoms with Crippen LogP contribution in [0.5, 0.6) is 5.75 Å². The van der Waals surface area contributed by atoms with Gasteiger partial charge < -0.3 is 15.7 Å². The Balaban J connectivity index is 2.62. The van der Waals surface area contributed by atoms with Crippen LogP contribution in [0.2, 0.25) is 0 Å². The Morgan fingerprint density at radius 1 is 1.33 bits per heavy atom. The van der Waals surface area contributed by atoms with Crippen LogP contribution in [-0.4, -0.2) is 30.5 Å². The number of carbonyl (C=O) groups excluding carboxylic acids is 2. The van der Waals surface area contributed by atoms with Crippen LogP contribution in [-0.2, 0) is 4.79 Å². The molecule has 3 N–H and O–H groups in total. The lowest BCUT2D eigenvalue weighted by molar-refractivity contribution is -0.119. The standard InChI is InChI=1S/C10H12N2O3/c1-11-9(14)6-12-10(15)7-4-2-3-5-8(7)13/h2-5,13H,6H2,1H3,(H,11,14)(H,12,15). The average molecular weight is 208 g/mol. The molecular weight excluding hydrogens is 196 g/mol. The van der Waals surface area contributed by atoms with E-state index in [1.165, 1.54) is 19.2 Å². The summed E-state index contributed by atoms with van der Waals surface area (Å²) < 4.78 is 0. The lowest BCUT2D eigenvalue weighted by Gasteiger charge is -2.05. The van der Waals surface area contributed by atoms with Crippen LogP contribution in [0.1, 0.15) is 10.4 Å². The van der Waals surface area contributed by atoms with Crippen LogP contribution in [0.4, 0.5) is 0 Å². The highest BCUT2D eigenvalue weighted by molar-refractivity contribution is 5.98. The van der Waals surface area contributed by atoms with Gasteiger partial charge in [0.25, 0.3) is 5.91 Å². The number of nitrogens with one attached hydrogen (secondary N) is 2. The molecule has 1 rings (SSSR count). The number of rotatable bonds is 3. The van der Waals surface area contributed by atoms with Crippen LogP contribution in [0, 0.1) is 0 Å². The molecular formula is C10H12N2O3. The third-order valence-electron chi connectivity index (χ3n) is 1.84. The number of phenolic OH excluding ortho intramolecular Hbond substituents is 1. The molecule has 0 saturated heterocycles. The van der Waals surface area contributed by atoms with Gasteiger partial charge in [0.2, 0.25) is 5.91 Å². The Kier molecular flexibility index (Phi) is 3.68. The maximum Gasteiger partial charge on any atom is 0.255 e. The van der Waals surface area contributed by atoms with E-state index in [9.17, 15) is 14.7 Å². The van der Waals surface area contributed by atoms with Gasteiger partial charge in [-0.05, 0) is 12.1 Å². The molecule has 1 aromatic carbocycles. The number of benzene rings is 1. The molecule has 5 heteroatoms. The second kappa shape index (κ2) is 4.99. The second-order valence-electron chi connectivity index (χ2n) is 2.87. The molecule has 0 saturated carbocycles. The normalized spacial score (nSPS) is 9.40. The number of amides is 2. The number of phenols is 1. The zero-order valence-electron chi connectivity index (χ0n) is 8.28. The first-order valence-corrected chi connectivity index (χ1v) is 4.42. The fourth-order valence-corrected chi connectivity index (χ4v) is 1.01. The molecule has 0 radical (unpaired) electrons. The molecule has 0 aromatic heterocycles. The van der Waals surface area contributed by atoms with E-state index < -0.39 is 5.91 Å². The summed E-state index contributed by atoms with van der Waals surface area (Å²) in [4.78, 5) is 22.3. The van der Waals surface area contributed by atoms with Gasteiger partial charge in [-0.3, -0.25) is 9.59 Å². The average Bonchev–Trinajstić information content (AvgIpc) is 2.26. The lowest BCUT2D eigenvalue weighted by Crippen LogP contribution is -2.35. The molecule has 5 nitrogen and oxygen atoms in total. The maximum atomic E-state index is 11.4. The molecule has 0 fully saturated rings. The third-order valence-corrected chi connectivity index (χ3v) is 1.84. The van der Waals surface area contributed by atoms with Crippen molar-refractivity contribution in [3.8, 4) is 5.75 Å². The quantitative estimate of drug-likeness (QED) is 0.647. The lowest BCUT2D eigenvalue weighted by atomic mass is 10.2. The number of hydrogen-bond acceptors (Lipinski definition) is 3. The van der Waals surface area contributed by atoms with Gasteiger partial charge in [-0.2, -0.15) is 0 Å². The zero-order chi connectivity index (χ0) is 11.3. The first-order valence-electron chi connectivity index (χ1n) is 4.42. The molecule has 1 aromatic rings. The minimum atomic E-state index is -0.475. The number of hydrogen-bond donors (Lipinski definition) is 3. The van der Waals surface area contributed by atoms with Crippen molar-refractivity contribution in [1.82, 2.24) is 10.6 Å². The fourth-order valence-electron chi connectivity index (χ4n) is 1.01. The van der Waals surface area contributed by atoms with Gasteiger partial charge in [0.05, 0.1) is 12.1 Å². The van der Waals surface area contributed by atoms with Gasteiger partial charge in [-0.1, -0.05) is 12.1 Å². The van der Waals surface area contributed by atoms with Crippen molar-refractivity contribution in [2.75, 3.05) is 13.6 Å². The minimum Gasteiger partial charge on any atom is -0.507 e. The molecule has 0 atom stereocenters. The molecule has 2 amide bonds. The Morgan fingerprint density at radius 2 is 2.00 bits per heavy atom. The molecule has 0 unspecified atom stereocenters. The Labute approximate surface area is 87.1 Å². The molecule has 0 heterocycles. The monoisotopic (exact) mass is 208 g/mol. The Morgan fingerprint density at radius 3 is 2.60 bits per heavy atom. The molecule has 0 spiro atoms. The molecule has 0 aliphatic heterocycles. The first-order chi connectivity index (χ1) is 7.15. The van der Waals surface area contributed by atoms with Gasteiger partial charge in [0.15, 0.2) is 0 Å². The predicted octanol–water partition coefficient (Wildman–Crippen LogP) is -0.132. The molecule has 15 heavy (non-hydrogen) atoms. The minimum absolute atomic E-state index is 0.105. The van der Waals surface area contributed by atoms with Gasteiger partial charge in [0.1, 0.15) is 5.75 Å². The van der Waals surface area contributed by atoms with Crippen molar-refractivity contribution in [3.05, 3.63) is 29.8 Å². The zero-order valence-corrected chi connectivity index (χ0v) is 8.28. The summed E-state index contributed by atoms with van der Waals surface area (Å²) in [5.74, 6) is -0.873. The van der Waals surface area contributed by atoms with Gasteiger partial charge in [-0.25, -0.2) is 0 Å². The topological polar surface area (TPSA) is 78.4 Å². The van der Waals surface area contributed by atoms with Crippen LogP contribution in [0.3, 0.4) is 0 Å². The molecule has 0 aliphatic rings. The van der Waals surface area contributed by atoms with Crippen LogP contribution >= 0.6 is 0 Å². The van der Waals surface area contributed by atoms with Crippen LogP contribution in [0.15, 0.2) is 24.3 Å². The molecule has 80 valence electrons. The van der Waals surface area contributed by atoms with E-state index in [1.807, 2.05) is 0 Å². The SMILES string of the molecule is CNC(=O)CNC(=O)c1ccccc1O. The molecule has 0 aliphatic carbocycles. The van der Waals surface area contributed by atoms with Gasteiger partial charge in [-0.15, -0.1) is 0 Å². The van der Waals surface area contributed by atoms with Crippen LogP contribution in [0.25, 0.3) is 0 Å². The van der Waals surface area contributed by atoms with E-state index in [4.69, 9.17) is 0 Å². The van der Waals surface area contributed by atoms with Gasteiger partial charge >= 0.3 is 0 Å². The Hall–Kier alpha value is -2.04. The largest absolute Gasteiger partial charge is 0.507 e. The van der Waals surface area contributed by atoms with E-state index >= 15 is 0 Å². The van der Waals surface area contributed by atoms with E-state index in [0.717, 1.165) is 0 Å². The summed E-state index contributed by atoms with van der Waals surface area (Å²) in [5, 5.41) is 14.1. The van der Waals surface area contributed by atoms with Crippen molar-refractivity contribution < 1.29 is 14.7 Å². The Bertz CT molecular complexity index is 377. The van der Waals surface area contributed by atoms with Crippen molar-refractivity contribution in [3.63, 3.8) is 0 Å². The summed E-state index contributed by atoms with van der Waals surface area (Å²) in [6.45, 7) is -0.107. The molecule has 0 bridgehead atoms. The van der Waals surface area contributed by atoms with E-state index in [0.29, 0.717) is 0 Å². The van der Waals surface area contributed by atoms with Crippen molar-refractivity contribution in [1.29, 1.82) is 0 Å².